The van der Waals surface area contributed by atoms with Crippen molar-refractivity contribution in [3.8, 4) is 5.75 Å². The molecular formula is C17H20OS. The van der Waals surface area contributed by atoms with E-state index in [0.29, 0.717) is 0 Å². The first kappa shape index (κ1) is 14.0. The van der Waals surface area contributed by atoms with Crippen molar-refractivity contribution in [3.05, 3.63) is 54.1 Å². The van der Waals surface area contributed by atoms with E-state index in [1.807, 2.05) is 18.2 Å². The molecule has 0 fully saturated rings. The highest BCUT2D eigenvalue weighted by molar-refractivity contribution is 7.99. The first-order valence-electron chi connectivity index (χ1n) is 6.42. The molecule has 2 aromatic carbocycles. The van der Waals surface area contributed by atoms with Crippen molar-refractivity contribution in [1.82, 2.24) is 0 Å². The Balaban J connectivity index is 2.20. The lowest BCUT2D eigenvalue weighted by Gasteiger charge is -2.19. The SMILES string of the molecule is COc1ccccc1Sc1ccc(C(C)(C)C)cc1. The number of hydrogen-bond donors (Lipinski definition) is 0. The summed E-state index contributed by atoms with van der Waals surface area (Å²) in [4.78, 5) is 2.38. The minimum Gasteiger partial charge on any atom is -0.496 e. The molecule has 0 bridgehead atoms. The summed E-state index contributed by atoms with van der Waals surface area (Å²) in [5.74, 6) is 0.924. The molecule has 0 spiro atoms. The highest BCUT2D eigenvalue weighted by Crippen LogP contribution is 2.35. The van der Waals surface area contributed by atoms with Gasteiger partial charge in [-0.15, -0.1) is 0 Å². The van der Waals surface area contributed by atoms with Gasteiger partial charge in [-0.2, -0.15) is 0 Å². The van der Waals surface area contributed by atoms with E-state index >= 15 is 0 Å². The van der Waals surface area contributed by atoms with Gasteiger partial charge in [-0.25, -0.2) is 0 Å². The highest BCUT2D eigenvalue weighted by Gasteiger charge is 2.13. The molecule has 2 aromatic rings. The van der Waals surface area contributed by atoms with Crippen molar-refractivity contribution in [2.24, 2.45) is 0 Å². The van der Waals surface area contributed by atoms with Gasteiger partial charge in [0, 0.05) is 4.90 Å². The Kier molecular flexibility index (Phi) is 4.20. The minimum absolute atomic E-state index is 0.202. The number of para-hydroxylation sites is 1. The molecule has 0 unspecified atom stereocenters. The van der Waals surface area contributed by atoms with Crippen LogP contribution in [0.5, 0.6) is 5.75 Å². The van der Waals surface area contributed by atoms with E-state index in [1.165, 1.54) is 10.5 Å². The molecule has 19 heavy (non-hydrogen) atoms. The fraction of sp³-hybridized carbons (Fsp3) is 0.294. The molecule has 0 radical (unpaired) electrons. The molecule has 0 aromatic heterocycles. The lowest BCUT2D eigenvalue weighted by atomic mass is 9.87. The van der Waals surface area contributed by atoms with E-state index in [0.717, 1.165) is 10.6 Å². The Morgan fingerprint density at radius 2 is 1.53 bits per heavy atom. The summed E-state index contributed by atoms with van der Waals surface area (Å²) in [6.45, 7) is 6.69. The predicted molar refractivity (Wildman–Crippen MR) is 82.3 cm³/mol. The lowest BCUT2D eigenvalue weighted by Crippen LogP contribution is -2.10. The number of hydrogen-bond acceptors (Lipinski definition) is 2. The van der Waals surface area contributed by atoms with Crippen LogP contribution in [-0.2, 0) is 5.41 Å². The van der Waals surface area contributed by atoms with Crippen LogP contribution >= 0.6 is 11.8 Å². The van der Waals surface area contributed by atoms with Gasteiger partial charge < -0.3 is 4.74 Å². The van der Waals surface area contributed by atoms with Gasteiger partial charge in [0.25, 0.3) is 0 Å². The van der Waals surface area contributed by atoms with Crippen molar-refractivity contribution >= 4 is 11.8 Å². The van der Waals surface area contributed by atoms with Crippen molar-refractivity contribution in [3.63, 3.8) is 0 Å². The Morgan fingerprint density at radius 3 is 2.11 bits per heavy atom. The summed E-state index contributed by atoms with van der Waals surface area (Å²) >= 11 is 1.73. The Labute approximate surface area is 120 Å². The minimum atomic E-state index is 0.202. The molecule has 0 N–H and O–H groups in total. The van der Waals surface area contributed by atoms with Crippen molar-refractivity contribution in [2.75, 3.05) is 7.11 Å². The van der Waals surface area contributed by atoms with Crippen LogP contribution in [0.1, 0.15) is 26.3 Å². The number of ether oxygens (including phenoxy) is 1. The summed E-state index contributed by atoms with van der Waals surface area (Å²) < 4.78 is 5.37. The summed E-state index contributed by atoms with van der Waals surface area (Å²) in [6, 6.07) is 16.9. The molecule has 0 atom stereocenters. The van der Waals surface area contributed by atoms with Crippen molar-refractivity contribution in [2.45, 2.75) is 36.0 Å². The predicted octanol–water partition coefficient (Wildman–Crippen LogP) is 5.14. The van der Waals surface area contributed by atoms with Gasteiger partial charge >= 0.3 is 0 Å². The number of benzene rings is 2. The molecular weight excluding hydrogens is 252 g/mol. The molecule has 0 aliphatic carbocycles. The third-order valence-corrected chi connectivity index (χ3v) is 4.08. The molecule has 0 saturated heterocycles. The second kappa shape index (κ2) is 5.70. The maximum atomic E-state index is 5.37. The van der Waals surface area contributed by atoms with Crippen LogP contribution in [0.2, 0.25) is 0 Å². The van der Waals surface area contributed by atoms with Crippen LogP contribution in [-0.4, -0.2) is 7.11 Å². The van der Waals surface area contributed by atoms with E-state index in [4.69, 9.17) is 4.74 Å². The van der Waals surface area contributed by atoms with E-state index in [-0.39, 0.29) is 5.41 Å². The lowest BCUT2D eigenvalue weighted by molar-refractivity contribution is 0.405. The van der Waals surface area contributed by atoms with E-state index < -0.39 is 0 Å². The van der Waals surface area contributed by atoms with Gasteiger partial charge in [0.1, 0.15) is 5.75 Å². The Hall–Kier alpha value is -1.41. The summed E-state index contributed by atoms with van der Waals surface area (Å²) in [6.07, 6.45) is 0. The first-order chi connectivity index (χ1) is 9.00. The van der Waals surface area contributed by atoms with Crippen LogP contribution in [0.15, 0.2) is 58.3 Å². The standard InChI is InChI=1S/C17H20OS/c1-17(2,3)13-9-11-14(12-10-13)19-16-8-6-5-7-15(16)18-4/h5-12H,1-4H3. The van der Waals surface area contributed by atoms with E-state index in [9.17, 15) is 0 Å². The number of rotatable bonds is 3. The first-order valence-corrected chi connectivity index (χ1v) is 7.24. The third kappa shape index (κ3) is 3.54. The average molecular weight is 272 g/mol. The molecule has 2 rings (SSSR count). The zero-order valence-electron chi connectivity index (χ0n) is 11.9. The van der Waals surface area contributed by atoms with E-state index in [1.54, 1.807) is 18.9 Å². The van der Waals surface area contributed by atoms with Crippen LogP contribution < -0.4 is 4.74 Å². The zero-order chi connectivity index (χ0) is 13.9. The van der Waals surface area contributed by atoms with Crippen LogP contribution in [0, 0.1) is 0 Å². The molecule has 0 aliphatic rings. The van der Waals surface area contributed by atoms with Gasteiger partial charge in [0.2, 0.25) is 0 Å². The van der Waals surface area contributed by atoms with Crippen molar-refractivity contribution < 1.29 is 4.74 Å². The van der Waals surface area contributed by atoms with E-state index in [2.05, 4.69) is 51.1 Å². The number of methoxy groups -OCH3 is 1. The fourth-order valence-corrected chi connectivity index (χ4v) is 2.78. The largest absolute Gasteiger partial charge is 0.496 e. The highest BCUT2D eigenvalue weighted by atomic mass is 32.2. The average Bonchev–Trinajstić information content (AvgIpc) is 2.39. The van der Waals surface area contributed by atoms with Crippen LogP contribution in [0.4, 0.5) is 0 Å². The molecule has 0 amide bonds. The molecule has 100 valence electrons. The van der Waals surface area contributed by atoms with Gasteiger partial charge in [-0.1, -0.05) is 56.8 Å². The Bertz CT molecular complexity index is 538. The molecule has 2 heteroatoms. The second-order valence-corrected chi connectivity index (χ2v) is 6.64. The molecule has 0 heterocycles. The monoisotopic (exact) mass is 272 g/mol. The quantitative estimate of drug-likeness (QED) is 0.764. The summed E-state index contributed by atoms with van der Waals surface area (Å²) in [5.41, 5.74) is 1.56. The van der Waals surface area contributed by atoms with Crippen molar-refractivity contribution in [1.29, 1.82) is 0 Å². The van der Waals surface area contributed by atoms with Gasteiger partial charge in [0.05, 0.1) is 12.0 Å². The van der Waals surface area contributed by atoms with Gasteiger partial charge in [-0.3, -0.25) is 0 Å². The Morgan fingerprint density at radius 1 is 0.895 bits per heavy atom. The third-order valence-electron chi connectivity index (χ3n) is 3.02. The topological polar surface area (TPSA) is 9.23 Å². The van der Waals surface area contributed by atoms with Gasteiger partial charge in [0.15, 0.2) is 0 Å². The maximum absolute atomic E-state index is 5.37. The van der Waals surface area contributed by atoms with Gasteiger partial charge in [-0.05, 0) is 35.2 Å². The zero-order valence-corrected chi connectivity index (χ0v) is 12.8. The maximum Gasteiger partial charge on any atom is 0.132 e. The van der Waals surface area contributed by atoms with Crippen LogP contribution in [0.25, 0.3) is 0 Å². The summed E-state index contributed by atoms with van der Waals surface area (Å²) in [5, 5.41) is 0. The smallest absolute Gasteiger partial charge is 0.132 e. The fourth-order valence-electron chi connectivity index (χ4n) is 1.85. The normalized spacial score (nSPS) is 11.4. The summed E-state index contributed by atoms with van der Waals surface area (Å²) in [7, 11) is 1.71. The molecule has 0 aliphatic heterocycles. The molecule has 1 nitrogen and oxygen atoms in total. The van der Waals surface area contributed by atoms with Crippen LogP contribution in [0.3, 0.4) is 0 Å². The second-order valence-electron chi connectivity index (χ2n) is 5.53. The molecule has 0 saturated carbocycles.